The Morgan fingerprint density at radius 1 is 1.23 bits per heavy atom. The third-order valence-corrected chi connectivity index (χ3v) is 7.99. The van der Waals surface area contributed by atoms with Crippen molar-refractivity contribution in [2.75, 3.05) is 19.8 Å². The number of ether oxygens (including phenoxy) is 2. The SMILES string of the molecule is C[C@]1(CO)[C@H]2CC[C@@]3(CO3)[C@@H](C/C=C3/C(=O)OC[C@H]3O)[C@]2(C)CC[C@H]1O. The van der Waals surface area contributed by atoms with E-state index in [1.54, 1.807) is 0 Å². The number of carbonyl (C=O) groups is 1. The normalized spacial score (nSPS) is 52.2. The summed E-state index contributed by atoms with van der Waals surface area (Å²) in [7, 11) is 0. The molecule has 26 heavy (non-hydrogen) atoms. The zero-order valence-electron chi connectivity index (χ0n) is 15.6. The highest BCUT2D eigenvalue weighted by molar-refractivity contribution is 5.91. The van der Waals surface area contributed by atoms with Crippen molar-refractivity contribution in [3.8, 4) is 0 Å². The van der Waals surface area contributed by atoms with Crippen LogP contribution in [0.2, 0.25) is 0 Å². The highest BCUT2D eigenvalue weighted by Crippen LogP contribution is 2.66. The van der Waals surface area contributed by atoms with Gasteiger partial charge in [0.1, 0.15) is 12.7 Å². The molecule has 3 N–H and O–H groups in total. The minimum atomic E-state index is -0.846. The number of hydrogen-bond acceptors (Lipinski definition) is 6. The van der Waals surface area contributed by atoms with Crippen LogP contribution >= 0.6 is 0 Å². The van der Waals surface area contributed by atoms with E-state index in [9.17, 15) is 20.1 Å². The van der Waals surface area contributed by atoms with E-state index in [1.807, 2.05) is 13.0 Å². The predicted molar refractivity (Wildman–Crippen MR) is 93.1 cm³/mol. The van der Waals surface area contributed by atoms with E-state index in [-0.39, 0.29) is 36.1 Å². The number of aliphatic hydroxyl groups is 3. The topological polar surface area (TPSA) is 99.5 Å². The van der Waals surface area contributed by atoms with Gasteiger partial charge in [0.15, 0.2) is 0 Å². The lowest BCUT2D eigenvalue weighted by Crippen LogP contribution is -2.60. The monoisotopic (exact) mass is 366 g/mol. The molecule has 0 bridgehead atoms. The summed E-state index contributed by atoms with van der Waals surface area (Å²) in [6.07, 6.45) is 4.53. The number of hydrogen-bond donors (Lipinski definition) is 3. The van der Waals surface area contributed by atoms with Crippen LogP contribution < -0.4 is 0 Å². The van der Waals surface area contributed by atoms with Crippen molar-refractivity contribution in [3.05, 3.63) is 11.6 Å². The van der Waals surface area contributed by atoms with Crippen LogP contribution in [0.1, 0.15) is 46.0 Å². The summed E-state index contributed by atoms with van der Waals surface area (Å²) >= 11 is 0. The first kappa shape index (κ1) is 18.4. The largest absolute Gasteiger partial charge is 0.459 e. The van der Waals surface area contributed by atoms with Gasteiger partial charge >= 0.3 is 5.97 Å². The van der Waals surface area contributed by atoms with Crippen LogP contribution in [-0.2, 0) is 14.3 Å². The fourth-order valence-corrected chi connectivity index (χ4v) is 6.24. The molecule has 0 unspecified atom stereocenters. The zero-order chi connectivity index (χ0) is 18.7. The van der Waals surface area contributed by atoms with Gasteiger partial charge in [0.25, 0.3) is 0 Å². The first-order valence-corrected chi connectivity index (χ1v) is 9.75. The lowest BCUT2D eigenvalue weighted by Gasteiger charge is -2.60. The van der Waals surface area contributed by atoms with E-state index in [1.165, 1.54) is 0 Å². The molecule has 0 aromatic carbocycles. The third-order valence-electron chi connectivity index (χ3n) is 7.99. The summed E-state index contributed by atoms with van der Waals surface area (Å²) in [6.45, 7) is 4.99. The Morgan fingerprint density at radius 3 is 2.54 bits per heavy atom. The molecular formula is C20H30O6. The van der Waals surface area contributed by atoms with Gasteiger partial charge in [-0.15, -0.1) is 0 Å². The van der Waals surface area contributed by atoms with E-state index in [4.69, 9.17) is 9.47 Å². The minimum Gasteiger partial charge on any atom is -0.459 e. The highest BCUT2D eigenvalue weighted by Gasteiger charge is 2.66. The Labute approximate surface area is 154 Å². The summed E-state index contributed by atoms with van der Waals surface area (Å²) in [5.74, 6) is -0.0392. The smallest absolute Gasteiger partial charge is 0.336 e. The average Bonchev–Trinajstić information content (AvgIpc) is 3.31. The molecule has 2 saturated carbocycles. The van der Waals surface area contributed by atoms with Crippen LogP contribution in [0.25, 0.3) is 0 Å². The lowest BCUT2D eigenvalue weighted by atomic mass is 9.45. The van der Waals surface area contributed by atoms with Crippen LogP contribution in [0.15, 0.2) is 11.6 Å². The molecule has 2 saturated heterocycles. The van der Waals surface area contributed by atoms with Crippen LogP contribution in [0, 0.1) is 22.7 Å². The average molecular weight is 366 g/mol. The number of cyclic esters (lactones) is 1. The molecule has 2 aliphatic carbocycles. The van der Waals surface area contributed by atoms with Gasteiger partial charge in [-0.25, -0.2) is 4.79 Å². The number of fused-ring (bicyclic) bond motifs is 1. The van der Waals surface area contributed by atoms with Gasteiger partial charge in [-0.1, -0.05) is 19.9 Å². The van der Waals surface area contributed by atoms with Crippen molar-refractivity contribution in [1.82, 2.24) is 0 Å². The van der Waals surface area contributed by atoms with Crippen molar-refractivity contribution < 1.29 is 29.6 Å². The van der Waals surface area contributed by atoms with E-state index >= 15 is 0 Å². The van der Waals surface area contributed by atoms with Gasteiger partial charge in [-0.2, -0.15) is 0 Å². The van der Waals surface area contributed by atoms with Crippen LogP contribution in [0.4, 0.5) is 0 Å². The molecule has 4 rings (SSSR count). The summed E-state index contributed by atoms with van der Waals surface area (Å²) in [6, 6.07) is 0. The van der Waals surface area contributed by atoms with Crippen molar-refractivity contribution >= 4 is 5.97 Å². The predicted octanol–water partition coefficient (Wildman–Crippen LogP) is 1.18. The molecule has 0 radical (unpaired) electrons. The molecule has 2 aliphatic heterocycles. The van der Waals surface area contributed by atoms with Crippen molar-refractivity contribution in [2.45, 2.75) is 63.8 Å². The van der Waals surface area contributed by atoms with Gasteiger partial charge in [-0.3, -0.25) is 0 Å². The van der Waals surface area contributed by atoms with Crippen LogP contribution in [0.5, 0.6) is 0 Å². The maximum Gasteiger partial charge on any atom is 0.336 e. The molecule has 6 nitrogen and oxygen atoms in total. The Balaban J connectivity index is 1.66. The molecule has 146 valence electrons. The molecule has 1 spiro atoms. The van der Waals surface area contributed by atoms with Crippen molar-refractivity contribution in [2.24, 2.45) is 22.7 Å². The highest BCUT2D eigenvalue weighted by atomic mass is 16.6. The van der Waals surface area contributed by atoms with E-state index in [2.05, 4.69) is 6.92 Å². The first-order valence-electron chi connectivity index (χ1n) is 9.75. The maximum atomic E-state index is 11.8. The molecule has 2 heterocycles. The Morgan fingerprint density at radius 2 is 1.96 bits per heavy atom. The van der Waals surface area contributed by atoms with Gasteiger partial charge in [-0.05, 0) is 49.4 Å². The van der Waals surface area contributed by atoms with Gasteiger partial charge < -0.3 is 24.8 Å². The first-order chi connectivity index (χ1) is 12.3. The molecule has 0 aromatic rings. The summed E-state index contributed by atoms with van der Waals surface area (Å²) in [4.78, 5) is 11.8. The number of allylic oxidation sites excluding steroid dienone is 1. The number of aliphatic hydroxyl groups excluding tert-OH is 3. The summed E-state index contributed by atoms with van der Waals surface area (Å²) in [5, 5.41) is 30.6. The molecule has 6 heteroatoms. The van der Waals surface area contributed by atoms with Crippen molar-refractivity contribution in [1.29, 1.82) is 0 Å². The van der Waals surface area contributed by atoms with Gasteiger partial charge in [0, 0.05) is 5.41 Å². The molecule has 4 aliphatic rings. The molecule has 0 aromatic heterocycles. The molecular weight excluding hydrogens is 336 g/mol. The number of esters is 1. The van der Waals surface area contributed by atoms with Gasteiger partial charge in [0.05, 0.1) is 30.5 Å². The summed E-state index contributed by atoms with van der Waals surface area (Å²) < 4.78 is 10.9. The fraction of sp³-hybridized carbons (Fsp3) is 0.850. The fourth-order valence-electron chi connectivity index (χ4n) is 6.24. The lowest BCUT2D eigenvalue weighted by molar-refractivity contribution is -0.175. The quantitative estimate of drug-likeness (QED) is 0.394. The number of epoxide rings is 1. The summed E-state index contributed by atoms with van der Waals surface area (Å²) in [5.41, 5.74) is -0.405. The molecule has 0 amide bonds. The van der Waals surface area contributed by atoms with E-state index in [0.717, 1.165) is 25.9 Å². The molecule has 7 atom stereocenters. The standard InChI is InChI=1S/C20H30O6/c1-18-7-6-16(23)19(2,10-21)14(18)5-8-20(11-26-20)15(18)4-3-12-13(22)9-25-17(12)24/h3,13-16,21-23H,4-11H2,1-2H3/b12-3+/t13-,14+,15+,16-,18-,19+,20-/m1/s1. The second kappa shape index (κ2) is 6.03. The van der Waals surface area contributed by atoms with E-state index < -0.39 is 23.6 Å². The number of rotatable bonds is 3. The maximum absolute atomic E-state index is 11.8. The Bertz CT molecular complexity index is 626. The number of carbonyl (C=O) groups excluding carboxylic acids is 1. The second-order valence-corrected chi connectivity index (χ2v) is 9.23. The minimum absolute atomic E-state index is 0.0267. The van der Waals surface area contributed by atoms with Crippen LogP contribution in [0.3, 0.4) is 0 Å². The van der Waals surface area contributed by atoms with Crippen molar-refractivity contribution in [3.63, 3.8) is 0 Å². The molecule has 4 fully saturated rings. The van der Waals surface area contributed by atoms with Crippen LogP contribution in [-0.4, -0.2) is 58.9 Å². The Hall–Kier alpha value is -0.950. The Kier molecular flexibility index (Phi) is 4.27. The third kappa shape index (κ3) is 2.49. The second-order valence-electron chi connectivity index (χ2n) is 9.23. The zero-order valence-corrected chi connectivity index (χ0v) is 15.6. The van der Waals surface area contributed by atoms with Gasteiger partial charge in [0.2, 0.25) is 0 Å². The van der Waals surface area contributed by atoms with E-state index in [0.29, 0.717) is 18.4 Å².